The minimum absolute atomic E-state index is 0.0144. The molecule has 1 saturated heterocycles. The van der Waals surface area contributed by atoms with Crippen LogP contribution in [0.1, 0.15) is 0 Å². The number of nitrogens with one attached hydrogen (secondary N) is 2. The molecule has 0 spiro atoms. The predicted molar refractivity (Wildman–Crippen MR) is 77.6 cm³/mol. The Morgan fingerprint density at radius 1 is 1.53 bits per heavy atom. The zero-order valence-corrected chi connectivity index (χ0v) is 12.1. The summed E-state index contributed by atoms with van der Waals surface area (Å²) in [7, 11) is 0. The van der Waals surface area contributed by atoms with Crippen LogP contribution >= 0.6 is 34.2 Å². The summed E-state index contributed by atoms with van der Waals surface area (Å²) in [5, 5.41) is 6.72. The van der Waals surface area contributed by atoms with Crippen molar-refractivity contribution in [2.24, 2.45) is 0 Å². The average Bonchev–Trinajstić information content (AvgIpc) is 2.70. The average molecular weight is 366 g/mol. The van der Waals surface area contributed by atoms with Gasteiger partial charge in [0.2, 0.25) is 0 Å². The van der Waals surface area contributed by atoms with E-state index < -0.39 is 0 Å². The second-order valence-corrected chi connectivity index (χ2v) is 5.42. The fraction of sp³-hybridized carbons (Fsp3) is 0.364. The van der Waals surface area contributed by atoms with Gasteiger partial charge in [0.1, 0.15) is 0 Å². The lowest BCUT2D eigenvalue weighted by atomic mass is 10.3. The van der Waals surface area contributed by atoms with Crippen molar-refractivity contribution in [1.29, 1.82) is 0 Å². The largest absolute Gasteiger partial charge is 0.382 e. The number of anilines is 1. The molecule has 0 saturated carbocycles. The highest BCUT2D eigenvalue weighted by Gasteiger charge is 2.18. The summed E-state index contributed by atoms with van der Waals surface area (Å²) >= 11 is 8.30. The molecule has 92 valence electrons. The van der Waals surface area contributed by atoms with Gasteiger partial charge >= 0.3 is 6.03 Å². The first-order valence-electron chi connectivity index (χ1n) is 5.38. The van der Waals surface area contributed by atoms with Gasteiger partial charge < -0.3 is 15.5 Å². The first-order valence-corrected chi connectivity index (χ1v) is 6.84. The van der Waals surface area contributed by atoms with E-state index in [1.165, 1.54) is 0 Å². The molecule has 0 unspecified atom stereocenters. The van der Waals surface area contributed by atoms with E-state index in [1.807, 2.05) is 18.2 Å². The maximum absolute atomic E-state index is 11.3. The van der Waals surface area contributed by atoms with Gasteiger partial charge in [-0.1, -0.05) is 11.6 Å². The highest BCUT2D eigenvalue weighted by molar-refractivity contribution is 14.1. The third-order valence-corrected chi connectivity index (χ3v) is 3.57. The minimum atomic E-state index is 0.0144. The molecule has 0 atom stereocenters. The zero-order chi connectivity index (χ0) is 12.3. The molecule has 4 nitrogen and oxygen atoms in total. The highest BCUT2D eigenvalue weighted by Crippen LogP contribution is 2.23. The van der Waals surface area contributed by atoms with Crippen LogP contribution in [-0.4, -0.2) is 37.1 Å². The van der Waals surface area contributed by atoms with Crippen LogP contribution in [0.15, 0.2) is 18.2 Å². The fourth-order valence-electron chi connectivity index (χ4n) is 1.68. The van der Waals surface area contributed by atoms with Gasteiger partial charge in [-0.15, -0.1) is 0 Å². The molecule has 1 aromatic carbocycles. The summed E-state index contributed by atoms with van der Waals surface area (Å²) in [6.45, 7) is 2.91. The number of carbonyl (C=O) groups is 1. The van der Waals surface area contributed by atoms with Crippen LogP contribution in [0.4, 0.5) is 10.5 Å². The second-order valence-electron chi connectivity index (χ2n) is 3.77. The van der Waals surface area contributed by atoms with Gasteiger partial charge in [0.15, 0.2) is 0 Å². The lowest BCUT2D eigenvalue weighted by molar-refractivity contribution is 0.219. The Hall–Kier alpha value is -0.690. The monoisotopic (exact) mass is 365 g/mol. The lowest BCUT2D eigenvalue weighted by Crippen LogP contribution is -2.32. The Kier molecular flexibility index (Phi) is 4.33. The van der Waals surface area contributed by atoms with E-state index in [-0.39, 0.29) is 6.03 Å². The summed E-state index contributed by atoms with van der Waals surface area (Å²) in [6.07, 6.45) is 0. The third kappa shape index (κ3) is 3.38. The number of rotatable bonds is 4. The Bertz CT molecular complexity index is 427. The molecule has 0 radical (unpaired) electrons. The summed E-state index contributed by atoms with van der Waals surface area (Å²) < 4.78 is 1.13. The SMILES string of the molecule is O=C1NCCN1CCNc1cc(I)ccc1Cl. The summed E-state index contributed by atoms with van der Waals surface area (Å²) in [4.78, 5) is 13.1. The first kappa shape index (κ1) is 12.8. The van der Waals surface area contributed by atoms with Gasteiger partial charge in [-0.25, -0.2) is 4.79 Å². The molecule has 1 fully saturated rings. The molecular formula is C11H13ClIN3O. The van der Waals surface area contributed by atoms with Crippen LogP contribution < -0.4 is 10.6 Å². The molecule has 2 N–H and O–H groups in total. The zero-order valence-electron chi connectivity index (χ0n) is 9.17. The molecule has 0 aromatic heterocycles. The normalized spacial score (nSPS) is 14.9. The first-order chi connectivity index (χ1) is 8.16. The third-order valence-electron chi connectivity index (χ3n) is 2.57. The maximum atomic E-state index is 11.3. The van der Waals surface area contributed by atoms with Gasteiger partial charge in [-0.3, -0.25) is 0 Å². The number of benzene rings is 1. The van der Waals surface area contributed by atoms with Crippen LogP contribution in [0.5, 0.6) is 0 Å². The van der Waals surface area contributed by atoms with Crippen molar-refractivity contribution in [3.05, 3.63) is 26.8 Å². The summed E-state index contributed by atoms with van der Waals surface area (Å²) in [5.41, 5.74) is 0.915. The number of amides is 2. The molecule has 0 bridgehead atoms. The summed E-state index contributed by atoms with van der Waals surface area (Å²) in [5.74, 6) is 0. The van der Waals surface area contributed by atoms with Crippen LogP contribution in [0.25, 0.3) is 0 Å². The number of hydrogen-bond acceptors (Lipinski definition) is 2. The van der Waals surface area contributed by atoms with Crippen LogP contribution in [0.2, 0.25) is 5.02 Å². The molecule has 6 heteroatoms. The van der Waals surface area contributed by atoms with Gasteiger partial charge in [0, 0.05) is 29.7 Å². The second kappa shape index (κ2) is 5.77. The van der Waals surface area contributed by atoms with E-state index in [9.17, 15) is 4.79 Å². The van der Waals surface area contributed by atoms with Crippen molar-refractivity contribution in [3.63, 3.8) is 0 Å². The Morgan fingerprint density at radius 3 is 3.06 bits per heavy atom. The van der Waals surface area contributed by atoms with E-state index in [1.54, 1.807) is 4.90 Å². The number of nitrogens with zero attached hydrogens (tertiary/aromatic N) is 1. The quantitative estimate of drug-likeness (QED) is 0.805. The lowest BCUT2D eigenvalue weighted by Gasteiger charge is -2.15. The van der Waals surface area contributed by atoms with Crippen LogP contribution in [-0.2, 0) is 0 Å². The van der Waals surface area contributed by atoms with Crippen molar-refractivity contribution >= 4 is 45.9 Å². The van der Waals surface area contributed by atoms with E-state index in [0.29, 0.717) is 18.1 Å². The van der Waals surface area contributed by atoms with Crippen molar-refractivity contribution in [3.8, 4) is 0 Å². The van der Waals surface area contributed by atoms with Crippen molar-refractivity contribution < 1.29 is 4.79 Å². The molecule has 1 heterocycles. The van der Waals surface area contributed by atoms with Crippen molar-refractivity contribution in [2.45, 2.75) is 0 Å². The maximum Gasteiger partial charge on any atom is 0.317 e. The Balaban J connectivity index is 1.85. The minimum Gasteiger partial charge on any atom is -0.382 e. The molecule has 2 amide bonds. The van der Waals surface area contributed by atoms with E-state index in [0.717, 1.165) is 22.3 Å². The van der Waals surface area contributed by atoms with E-state index in [4.69, 9.17) is 11.6 Å². The molecule has 1 aromatic rings. The Labute approximate surface area is 119 Å². The molecule has 1 aliphatic rings. The smallest absolute Gasteiger partial charge is 0.317 e. The molecule has 2 rings (SSSR count). The van der Waals surface area contributed by atoms with E-state index in [2.05, 4.69) is 33.2 Å². The number of halogens is 2. The van der Waals surface area contributed by atoms with Crippen LogP contribution in [0, 0.1) is 3.57 Å². The number of carbonyl (C=O) groups excluding carboxylic acids is 1. The Morgan fingerprint density at radius 2 is 2.35 bits per heavy atom. The number of urea groups is 1. The molecule has 1 aliphatic heterocycles. The molecular weight excluding hydrogens is 352 g/mol. The van der Waals surface area contributed by atoms with Gasteiger partial charge in [-0.05, 0) is 40.8 Å². The molecule has 0 aliphatic carbocycles. The van der Waals surface area contributed by atoms with Crippen molar-refractivity contribution in [2.75, 3.05) is 31.5 Å². The fourth-order valence-corrected chi connectivity index (χ4v) is 2.36. The molecule has 17 heavy (non-hydrogen) atoms. The van der Waals surface area contributed by atoms with Crippen molar-refractivity contribution in [1.82, 2.24) is 10.2 Å². The van der Waals surface area contributed by atoms with Gasteiger partial charge in [0.05, 0.1) is 10.7 Å². The topological polar surface area (TPSA) is 44.4 Å². The number of hydrogen-bond donors (Lipinski definition) is 2. The highest BCUT2D eigenvalue weighted by atomic mass is 127. The predicted octanol–water partition coefficient (Wildman–Crippen LogP) is 2.38. The standard InChI is InChI=1S/C11H13ClIN3O/c12-9-2-1-8(13)7-10(9)14-3-5-16-6-4-15-11(16)17/h1-2,7,14H,3-6H2,(H,15,17). The van der Waals surface area contributed by atoms with Crippen LogP contribution in [0.3, 0.4) is 0 Å². The van der Waals surface area contributed by atoms with Gasteiger partial charge in [-0.2, -0.15) is 0 Å². The van der Waals surface area contributed by atoms with E-state index >= 15 is 0 Å². The summed E-state index contributed by atoms with van der Waals surface area (Å²) in [6, 6.07) is 5.84. The van der Waals surface area contributed by atoms with Gasteiger partial charge in [0.25, 0.3) is 0 Å².